The maximum atomic E-state index is 11.4. The largest absolute Gasteiger partial charge is 0.383 e. The quantitative estimate of drug-likeness (QED) is 0.452. The third-order valence-electron chi connectivity index (χ3n) is 5.94. The standard InChI is InChI=1S/C25H28N4O2/c1-26-23-13-12-20(18-24(23)29(30)31)19-27-14-16-28(17-15-27)25(21-8-4-2-5-9-21)22-10-6-3-7-11-22/h2-13,18,25-26H,14-17,19H2,1H3. The maximum Gasteiger partial charge on any atom is 0.292 e. The number of nitrogens with zero attached hydrogens (tertiary/aromatic N) is 3. The summed E-state index contributed by atoms with van der Waals surface area (Å²) in [6.45, 7) is 4.48. The highest BCUT2D eigenvalue weighted by Gasteiger charge is 2.26. The van der Waals surface area contributed by atoms with Gasteiger partial charge in [0.25, 0.3) is 5.69 Å². The van der Waals surface area contributed by atoms with Gasteiger partial charge < -0.3 is 5.32 Å². The second-order valence-corrected chi connectivity index (χ2v) is 7.89. The topological polar surface area (TPSA) is 61.6 Å². The molecule has 1 saturated heterocycles. The van der Waals surface area contributed by atoms with Gasteiger partial charge in [-0.3, -0.25) is 19.9 Å². The van der Waals surface area contributed by atoms with E-state index in [4.69, 9.17) is 0 Å². The molecular weight excluding hydrogens is 388 g/mol. The zero-order chi connectivity index (χ0) is 21.6. The molecule has 160 valence electrons. The fourth-order valence-corrected chi connectivity index (χ4v) is 4.36. The van der Waals surface area contributed by atoms with Crippen LogP contribution in [0, 0.1) is 10.1 Å². The lowest BCUT2D eigenvalue weighted by Crippen LogP contribution is -2.47. The Labute approximate surface area is 183 Å². The number of nitro benzene ring substituents is 1. The van der Waals surface area contributed by atoms with Gasteiger partial charge in [0, 0.05) is 45.8 Å². The van der Waals surface area contributed by atoms with Crippen molar-refractivity contribution < 1.29 is 4.92 Å². The number of nitro groups is 1. The highest BCUT2D eigenvalue weighted by atomic mass is 16.6. The van der Waals surface area contributed by atoms with E-state index in [1.807, 2.05) is 6.07 Å². The van der Waals surface area contributed by atoms with Crippen molar-refractivity contribution in [2.45, 2.75) is 12.6 Å². The summed E-state index contributed by atoms with van der Waals surface area (Å²) >= 11 is 0. The van der Waals surface area contributed by atoms with Gasteiger partial charge in [-0.2, -0.15) is 0 Å². The summed E-state index contributed by atoms with van der Waals surface area (Å²) < 4.78 is 0. The van der Waals surface area contributed by atoms with Crippen LogP contribution in [0.5, 0.6) is 0 Å². The smallest absolute Gasteiger partial charge is 0.292 e. The van der Waals surface area contributed by atoms with Gasteiger partial charge in [0.05, 0.1) is 11.0 Å². The van der Waals surface area contributed by atoms with Crippen LogP contribution in [-0.4, -0.2) is 47.9 Å². The van der Waals surface area contributed by atoms with E-state index in [2.05, 4.69) is 75.8 Å². The van der Waals surface area contributed by atoms with E-state index in [1.54, 1.807) is 19.2 Å². The Morgan fingerprint density at radius 3 is 2.00 bits per heavy atom. The number of anilines is 1. The SMILES string of the molecule is CNc1ccc(CN2CCN(C(c3ccccc3)c3ccccc3)CC2)cc1[N+](=O)[O-]. The number of benzene rings is 3. The molecule has 1 aliphatic heterocycles. The molecule has 1 fully saturated rings. The molecule has 3 aromatic rings. The van der Waals surface area contributed by atoms with Crippen LogP contribution in [0.4, 0.5) is 11.4 Å². The monoisotopic (exact) mass is 416 g/mol. The molecule has 6 nitrogen and oxygen atoms in total. The number of rotatable bonds is 7. The van der Waals surface area contributed by atoms with Gasteiger partial charge in [-0.05, 0) is 22.8 Å². The van der Waals surface area contributed by atoms with Crippen molar-refractivity contribution in [2.75, 3.05) is 38.5 Å². The molecule has 3 aromatic carbocycles. The van der Waals surface area contributed by atoms with Gasteiger partial charge >= 0.3 is 0 Å². The third-order valence-corrected chi connectivity index (χ3v) is 5.94. The van der Waals surface area contributed by atoms with Crippen molar-refractivity contribution >= 4 is 11.4 Å². The Hall–Kier alpha value is -3.22. The Bertz CT molecular complexity index is 963. The molecule has 4 rings (SSSR count). The fraction of sp³-hybridized carbons (Fsp3) is 0.280. The van der Waals surface area contributed by atoms with Gasteiger partial charge in [-0.1, -0.05) is 66.7 Å². The fourth-order valence-electron chi connectivity index (χ4n) is 4.36. The minimum atomic E-state index is -0.322. The first-order valence-electron chi connectivity index (χ1n) is 10.7. The number of hydrogen-bond donors (Lipinski definition) is 1. The molecule has 0 aromatic heterocycles. The molecule has 6 heteroatoms. The minimum absolute atomic E-state index is 0.131. The normalized spacial score (nSPS) is 15.2. The van der Waals surface area contributed by atoms with Crippen LogP contribution >= 0.6 is 0 Å². The Morgan fingerprint density at radius 2 is 1.48 bits per heavy atom. The molecular formula is C25H28N4O2. The first-order chi connectivity index (χ1) is 15.2. The van der Waals surface area contributed by atoms with Gasteiger partial charge in [-0.15, -0.1) is 0 Å². The first kappa shape index (κ1) is 21.0. The van der Waals surface area contributed by atoms with Crippen molar-refractivity contribution in [3.05, 3.63) is 106 Å². The lowest BCUT2D eigenvalue weighted by atomic mass is 9.96. The van der Waals surface area contributed by atoms with Crippen molar-refractivity contribution in [2.24, 2.45) is 0 Å². The zero-order valence-electron chi connectivity index (χ0n) is 17.8. The van der Waals surface area contributed by atoms with Crippen molar-refractivity contribution in [1.29, 1.82) is 0 Å². The summed E-state index contributed by atoms with van der Waals surface area (Å²) in [4.78, 5) is 15.9. The van der Waals surface area contributed by atoms with E-state index in [1.165, 1.54) is 11.1 Å². The molecule has 1 N–H and O–H groups in total. The van der Waals surface area contributed by atoms with E-state index >= 15 is 0 Å². The van der Waals surface area contributed by atoms with Crippen LogP contribution in [0.1, 0.15) is 22.7 Å². The Kier molecular flexibility index (Phi) is 6.60. The third kappa shape index (κ3) is 4.93. The van der Waals surface area contributed by atoms with Crippen LogP contribution in [0.15, 0.2) is 78.9 Å². The molecule has 0 aliphatic carbocycles. The molecule has 0 atom stereocenters. The minimum Gasteiger partial charge on any atom is -0.383 e. The van der Waals surface area contributed by atoms with E-state index in [-0.39, 0.29) is 16.7 Å². The lowest BCUT2D eigenvalue weighted by molar-refractivity contribution is -0.384. The molecule has 0 unspecified atom stereocenters. The van der Waals surface area contributed by atoms with E-state index in [0.717, 1.165) is 38.3 Å². The molecule has 0 amide bonds. The second kappa shape index (κ2) is 9.73. The van der Waals surface area contributed by atoms with E-state index < -0.39 is 0 Å². The van der Waals surface area contributed by atoms with Crippen LogP contribution in [0.3, 0.4) is 0 Å². The van der Waals surface area contributed by atoms with Crippen molar-refractivity contribution in [3.63, 3.8) is 0 Å². The molecule has 0 bridgehead atoms. The van der Waals surface area contributed by atoms with Gasteiger partial charge in [-0.25, -0.2) is 0 Å². The maximum absolute atomic E-state index is 11.4. The summed E-state index contributed by atoms with van der Waals surface area (Å²) in [6, 6.07) is 27.0. The summed E-state index contributed by atoms with van der Waals surface area (Å²) in [5.74, 6) is 0. The van der Waals surface area contributed by atoms with Crippen LogP contribution < -0.4 is 5.32 Å². The average molecular weight is 417 g/mol. The molecule has 0 saturated carbocycles. The number of hydrogen-bond acceptors (Lipinski definition) is 5. The number of nitrogens with one attached hydrogen (secondary N) is 1. The van der Waals surface area contributed by atoms with Crippen molar-refractivity contribution in [3.8, 4) is 0 Å². The Balaban J connectivity index is 1.46. The predicted octanol–water partition coefficient (Wildman–Crippen LogP) is 4.54. The molecule has 0 radical (unpaired) electrons. The van der Waals surface area contributed by atoms with Crippen LogP contribution in [0.25, 0.3) is 0 Å². The summed E-state index contributed by atoms with van der Waals surface area (Å²) in [5.41, 5.74) is 4.27. The van der Waals surface area contributed by atoms with Crippen LogP contribution in [0.2, 0.25) is 0 Å². The summed E-state index contributed by atoms with van der Waals surface area (Å²) in [5, 5.41) is 14.3. The Morgan fingerprint density at radius 1 is 0.903 bits per heavy atom. The van der Waals surface area contributed by atoms with Crippen molar-refractivity contribution in [1.82, 2.24) is 9.80 Å². The molecule has 1 heterocycles. The van der Waals surface area contributed by atoms with Gasteiger partial charge in [0.15, 0.2) is 0 Å². The second-order valence-electron chi connectivity index (χ2n) is 7.89. The molecule has 0 spiro atoms. The van der Waals surface area contributed by atoms with E-state index in [0.29, 0.717) is 5.69 Å². The van der Waals surface area contributed by atoms with Gasteiger partial charge in [0.1, 0.15) is 5.69 Å². The molecule has 31 heavy (non-hydrogen) atoms. The average Bonchev–Trinajstić information content (AvgIpc) is 2.82. The first-order valence-corrected chi connectivity index (χ1v) is 10.7. The lowest BCUT2D eigenvalue weighted by Gasteiger charge is -2.39. The summed E-state index contributed by atoms with van der Waals surface area (Å²) in [7, 11) is 1.71. The van der Waals surface area contributed by atoms with Gasteiger partial charge in [0.2, 0.25) is 0 Å². The van der Waals surface area contributed by atoms with E-state index in [9.17, 15) is 10.1 Å². The summed E-state index contributed by atoms with van der Waals surface area (Å²) in [6.07, 6.45) is 0. The zero-order valence-corrected chi connectivity index (χ0v) is 17.8. The number of piperazine rings is 1. The predicted molar refractivity (Wildman–Crippen MR) is 124 cm³/mol. The highest BCUT2D eigenvalue weighted by Crippen LogP contribution is 2.30. The highest BCUT2D eigenvalue weighted by molar-refractivity contribution is 5.62. The molecule has 1 aliphatic rings. The van der Waals surface area contributed by atoms with Crippen LogP contribution in [-0.2, 0) is 6.54 Å².